The van der Waals surface area contributed by atoms with E-state index < -0.39 is 0 Å². The van der Waals surface area contributed by atoms with Crippen molar-refractivity contribution in [2.75, 3.05) is 20.3 Å². The molecule has 0 saturated carbocycles. The number of likely N-dealkylation sites (tertiary alicyclic amines) is 1. The molecule has 1 aliphatic rings. The van der Waals surface area contributed by atoms with E-state index in [2.05, 4.69) is 10.4 Å². The van der Waals surface area contributed by atoms with Gasteiger partial charge >= 0.3 is 0 Å². The Kier molecular flexibility index (Phi) is 6.12. The van der Waals surface area contributed by atoms with Crippen LogP contribution >= 0.6 is 0 Å². The predicted molar refractivity (Wildman–Crippen MR) is 109 cm³/mol. The molecule has 158 valence electrons. The van der Waals surface area contributed by atoms with E-state index in [1.807, 2.05) is 62.1 Å². The summed E-state index contributed by atoms with van der Waals surface area (Å²) < 4.78 is 8.75. The highest BCUT2D eigenvalue weighted by atomic mass is 16.5. The van der Waals surface area contributed by atoms with Crippen LogP contribution in [-0.4, -0.2) is 56.9 Å². The largest absolute Gasteiger partial charge is 0.383 e. The number of nitrogens with zero attached hydrogens (tertiary/aromatic N) is 4. The summed E-state index contributed by atoms with van der Waals surface area (Å²) in [6.45, 7) is 7.77. The molecule has 0 unspecified atom stereocenters. The molecule has 3 rings (SSSR count). The molecule has 0 bridgehead atoms. The van der Waals surface area contributed by atoms with Gasteiger partial charge in [0.2, 0.25) is 5.91 Å². The van der Waals surface area contributed by atoms with E-state index in [-0.39, 0.29) is 29.3 Å². The van der Waals surface area contributed by atoms with E-state index in [1.165, 1.54) is 0 Å². The minimum Gasteiger partial charge on any atom is -0.383 e. The molecule has 2 atom stereocenters. The average Bonchev–Trinajstić information content (AvgIpc) is 3.35. The van der Waals surface area contributed by atoms with Crippen LogP contribution in [0.25, 0.3) is 0 Å². The highest BCUT2D eigenvalue weighted by Crippen LogP contribution is 2.42. The van der Waals surface area contributed by atoms with Crippen LogP contribution in [0.3, 0.4) is 0 Å². The third-order valence-corrected chi connectivity index (χ3v) is 5.37. The molecule has 0 radical (unpaired) electrons. The maximum atomic E-state index is 12.9. The van der Waals surface area contributed by atoms with Gasteiger partial charge < -0.3 is 19.5 Å². The van der Waals surface area contributed by atoms with Gasteiger partial charge in [-0.1, -0.05) is 0 Å². The number of methoxy groups -OCH3 is 1. The van der Waals surface area contributed by atoms with Crippen molar-refractivity contribution in [1.82, 2.24) is 24.6 Å². The minimum atomic E-state index is -0.326. The zero-order chi connectivity index (χ0) is 21.2. The van der Waals surface area contributed by atoms with Crippen LogP contribution < -0.4 is 5.32 Å². The van der Waals surface area contributed by atoms with Gasteiger partial charge in [0.15, 0.2) is 0 Å². The quantitative estimate of drug-likeness (QED) is 0.769. The molecule has 2 aromatic heterocycles. The van der Waals surface area contributed by atoms with E-state index in [0.29, 0.717) is 31.8 Å². The minimum absolute atomic E-state index is 0.0222. The Hall–Kier alpha value is -2.61. The fourth-order valence-corrected chi connectivity index (χ4v) is 4.05. The number of rotatable bonds is 7. The highest BCUT2D eigenvalue weighted by molar-refractivity contribution is 5.92. The van der Waals surface area contributed by atoms with Crippen LogP contribution in [-0.2, 0) is 23.1 Å². The second kappa shape index (κ2) is 8.41. The number of ether oxygens (including phenoxy) is 1. The fourth-order valence-electron chi connectivity index (χ4n) is 4.05. The van der Waals surface area contributed by atoms with Crippen molar-refractivity contribution in [2.24, 2.45) is 13.0 Å². The van der Waals surface area contributed by atoms with Crippen LogP contribution in [0.15, 0.2) is 30.7 Å². The Balaban J connectivity index is 1.80. The fraction of sp³-hybridized carbons (Fsp3) is 0.571. The van der Waals surface area contributed by atoms with E-state index in [0.717, 1.165) is 5.56 Å². The molecule has 1 aliphatic heterocycles. The summed E-state index contributed by atoms with van der Waals surface area (Å²) in [5.41, 5.74) is 1.26. The highest BCUT2D eigenvalue weighted by Gasteiger charge is 2.45. The normalized spacial score (nSPS) is 19.8. The number of carbonyl (C=O) groups excluding carboxylic acids is 2. The first-order valence-corrected chi connectivity index (χ1v) is 9.95. The van der Waals surface area contributed by atoms with Gasteiger partial charge in [0.05, 0.1) is 25.4 Å². The van der Waals surface area contributed by atoms with Crippen molar-refractivity contribution in [3.05, 3.63) is 42.0 Å². The number of carbonyl (C=O) groups is 2. The van der Waals surface area contributed by atoms with E-state index >= 15 is 0 Å². The molecular weight excluding hydrogens is 370 g/mol. The van der Waals surface area contributed by atoms with Crippen LogP contribution in [0, 0.1) is 5.92 Å². The van der Waals surface area contributed by atoms with E-state index in [1.54, 1.807) is 17.7 Å². The van der Waals surface area contributed by atoms with Crippen LogP contribution in [0.4, 0.5) is 0 Å². The molecule has 1 saturated heterocycles. The number of amides is 2. The molecule has 2 aromatic rings. The van der Waals surface area contributed by atoms with Crippen molar-refractivity contribution >= 4 is 11.8 Å². The average molecular weight is 402 g/mol. The monoisotopic (exact) mass is 401 g/mol. The second-order valence-corrected chi connectivity index (χ2v) is 8.59. The van der Waals surface area contributed by atoms with Crippen molar-refractivity contribution in [1.29, 1.82) is 0 Å². The van der Waals surface area contributed by atoms with Crippen molar-refractivity contribution < 1.29 is 14.3 Å². The third-order valence-electron chi connectivity index (χ3n) is 5.37. The number of aryl methyl sites for hydroxylation is 1. The standard InChI is InChI=1S/C21H31N5O3/c1-21(2,3)26-18(27)11-15(12-22-20(28)17-7-6-8-24(17)4)19(26)16-13-23-25(14-16)9-10-29-5/h6-8,13-15,19H,9-12H2,1-5H3,(H,22,28)/t15-,19+/m0/s1. The Morgan fingerprint density at radius 2 is 2.14 bits per heavy atom. The predicted octanol–water partition coefficient (Wildman–Crippen LogP) is 1.99. The van der Waals surface area contributed by atoms with Crippen LogP contribution in [0.5, 0.6) is 0 Å². The topological polar surface area (TPSA) is 81.4 Å². The Morgan fingerprint density at radius 1 is 1.38 bits per heavy atom. The molecule has 2 amide bonds. The lowest BCUT2D eigenvalue weighted by Gasteiger charge is -2.38. The summed E-state index contributed by atoms with van der Waals surface area (Å²) in [5.74, 6) is -0.0510. The summed E-state index contributed by atoms with van der Waals surface area (Å²) in [7, 11) is 3.50. The maximum absolute atomic E-state index is 12.9. The summed E-state index contributed by atoms with van der Waals surface area (Å²) in [6, 6.07) is 3.49. The summed E-state index contributed by atoms with van der Waals surface area (Å²) in [6.07, 6.45) is 6.04. The molecule has 0 aliphatic carbocycles. The van der Waals surface area contributed by atoms with Gasteiger partial charge in [-0.15, -0.1) is 0 Å². The van der Waals surface area contributed by atoms with Gasteiger partial charge in [0.1, 0.15) is 5.69 Å². The Morgan fingerprint density at radius 3 is 2.76 bits per heavy atom. The van der Waals surface area contributed by atoms with Crippen molar-refractivity contribution in [3.63, 3.8) is 0 Å². The molecule has 0 spiro atoms. The lowest BCUT2D eigenvalue weighted by atomic mass is 9.93. The molecule has 1 N–H and O–H groups in total. The molecule has 29 heavy (non-hydrogen) atoms. The van der Waals surface area contributed by atoms with Gasteiger partial charge in [-0.2, -0.15) is 5.10 Å². The number of aromatic nitrogens is 3. The Labute approximate surface area is 171 Å². The summed E-state index contributed by atoms with van der Waals surface area (Å²) >= 11 is 0. The molecular formula is C21H31N5O3. The second-order valence-electron chi connectivity index (χ2n) is 8.59. The number of nitrogens with one attached hydrogen (secondary N) is 1. The SMILES string of the molecule is COCCn1cc([C@H]2[C@H](CNC(=O)c3cccn3C)CC(=O)N2C(C)(C)C)cn1. The molecule has 1 fully saturated rings. The lowest BCUT2D eigenvalue weighted by Crippen LogP contribution is -2.44. The van der Waals surface area contributed by atoms with Gasteiger partial charge in [-0.05, 0) is 32.9 Å². The first-order valence-electron chi connectivity index (χ1n) is 9.95. The van der Waals surface area contributed by atoms with Gasteiger partial charge in [0, 0.05) is 56.5 Å². The first kappa shape index (κ1) is 21.1. The van der Waals surface area contributed by atoms with Crippen LogP contribution in [0.1, 0.15) is 49.3 Å². The molecule has 8 nitrogen and oxygen atoms in total. The molecule has 0 aromatic carbocycles. The maximum Gasteiger partial charge on any atom is 0.267 e. The lowest BCUT2D eigenvalue weighted by molar-refractivity contribution is -0.133. The smallest absolute Gasteiger partial charge is 0.267 e. The first-order chi connectivity index (χ1) is 13.7. The van der Waals surface area contributed by atoms with Crippen molar-refractivity contribution in [3.8, 4) is 0 Å². The van der Waals surface area contributed by atoms with E-state index in [4.69, 9.17) is 4.74 Å². The zero-order valence-corrected chi connectivity index (χ0v) is 17.9. The van der Waals surface area contributed by atoms with E-state index in [9.17, 15) is 9.59 Å². The zero-order valence-electron chi connectivity index (χ0n) is 17.9. The summed E-state index contributed by atoms with van der Waals surface area (Å²) in [4.78, 5) is 27.4. The van der Waals surface area contributed by atoms with Crippen LogP contribution in [0.2, 0.25) is 0 Å². The Bertz CT molecular complexity index is 864. The van der Waals surface area contributed by atoms with Gasteiger partial charge in [-0.25, -0.2) is 0 Å². The van der Waals surface area contributed by atoms with Gasteiger partial charge in [0.25, 0.3) is 5.91 Å². The van der Waals surface area contributed by atoms with Crippen molar-refractivity contribution in [2.45, 2.75) is 45.3 Å². The van der Waals surface area contributed by atoms with Gasteiger partial charge in [-0.3, -0.25) is 14.3 Å². The number of hydrogen-bond donors (Lipinski definition) is 1. The third kappa shape index (κ3) is 4.53. The summed E-state index contributed by atoms with van der Waals surface area (Å²) in [5, 5.41) is 7.45. The molecule has 3 heterocycles. The molecule has 8 heteroatoms. The number of hydrogen-bond acceptors (Lipinski definition) is 4.